The molecular formula is C7H12ClN3S. The highest BCUT2D eigenvalue weighted by Gasteiger charge is 2.17. The molecule has 12 heavy (non-hydrogen) atoms. The molecule has 1 atom stereocenters. The molecule has 0 saturated carbocycles. The van der Waals surface area contributed by atoms with Crippen molar-refractivity contribution in [1.82, 2.24) is 15.5 Å². The molecule has 1 aliphatic heterocycles. The molecule has 1 aromatic heterocycles. The lowest BCUT2D eigenvalue weighted by Gasteiger charge is -2.19. The monoisotopic (exact) mass is 205 g/mol. The number of piperidine rings is 1. The Morgan fingerprint density at radius 3 is 3.08 bits per heavy atom. The molecule has 0 radical (unpaired) electrons. The minimum Gasteiger partial charge on any atom is -0.316 e. The van der Waals surface area contributed by atoms with Gasteiger partial charge in [0.2, 0.25) is 0 Å². The van der Waals surface area contributed by atoms with Crippen molar-refractivity contribution >= 4 is 23.7 Å². The zero-order valence-electron chi connectivity index (χ0n) is 6.69. The van der Waals surface area contributed by atoms with E-state index in [1.807, 2.05) is 5.51 Å². The molecule has 1 aromatic rings. The van der Waals surface area contributed by atoms with Gasteiger partial charge in [0.05, 0.1) is 0 Å². The second kappa shape index (κ2) is 4.74. The zero-order valence-corrected chi connectivity index (χ0v) is 8.33. The summed E-state index contributed by atoms with van der Waals surface area (Å²) in [5.74, 6) is 0.622. The second-order valence-corrected chi connectivity index (χ2v) is 3.69. The number of aromatic nitrogens is 2. The summed E-state index contributed by atoms with van der Waals surface area (Å²) in [5.41, 5.74) is 1.81. The molecular weight excluding hydrogens is 194 g/mol. The topological polar surface area (TPSA) is 37.8 Å². The Labute approximate surface area is 82.0 Å². The van der Waals surface area contributed by atoms with E-state index >= 15 is 0 Å². The van der Waals surface area contributed by atoms with Crippen molar-refractivity contribution in [3.63, 3.8) is 0 Å². The maximum absolute atomic E-state index is 4.07. The zero-order chi connectivity index (χ0) is 7.52. The van der Waals surface area contributed by atoms with Crippen LogP contribution in [0.4, 0.5) is 0 Å². The lowest BCUT2D eigenvalue weighted by atomic mass is 10.0. The molecule has 1 N–H and O–H groups in total. The van der Waals surface area contributed by atoms with Crippen molar-refractivity contribution in [2.45, 2.75) is 18.8 Å². The van der Waals surface area contributed by atoms with E-state index < -0.39 is 0 Å². The van der Waals surface area contributed by atoms with Crippen molar-refractivity contribution in [2.75, 3.05) is 13.1 Å². The number of hydrogen-bond donors (Lipinski definition) is 1. The third-order valence-electron chi connectivity index (χ3n) is 2.02. The lowest BCUT2D eigenvalue weighted by Crippen LogP contribution is -2.28. The summed E-state index contributed by atoms with van der Waals surface area (Å²) in [5, 5.41) is 12.5. The first-order valence-electron chi connectivity index (χ1n) is 3.93. The highest BCUT2D eigenvalue weighted by Crippen LogP contribution is 2.23. The summed E-state index contributed by atoms with van der Waals surface area (Å²) < 4.78 is 0. The van der Waals surface area contributed by atoms with Gasteiger partial charge in [-0.25, -0.2) is 0 Å². The molecule has 2 heterocycles. The molecule has 3 nitrogen and oxygen atoms in total. The summed E-state index contributed by atoms with van der Waals surface area (Å²) in [4.78, 5) is 0. The van der Waals surface area contributed by atoms with Gasteiger partial charge in [0.15, 0.2) is 0 Å². The van der Waals surface area contributed by atoms with Gasteiger partial charge in [-0.1, -0.05) is 0 Å². The average Bonchev–Trinajstić information content (AvgIpc) is 2.58. The molecule has 5 heteroatoms. The molecule has 0 aliphatic carbocycles. The van der Waals surface area contributed by atoms with E-state index in [4.69, 9.17) is 0 Å². The molecule has 1 aliphatic rings. The number of rotatable bonds is 1. The SMILES string of the molecule is Cl.c1nnc(C2CCCNC2)s1. The third-order valence-corrected chi connectivity index (χ3v) is 2.88. The van der Waals surface area contributed by atoms with Crippen LogP contribution in [-0.2, 0) is 0 Å². The highest BCUT2D eigenvalue weighted by molar-refractivity contribution is 7.09. The lowest BCUT2D eigenvalue weighted by molar-refractivity contribution is 0.458. The van der Waals surface area contributed by atoms with Crippen molar-refractivity contribution in [2.24, 2.45) is 0 Å². The minimum absolute atomic E-state index is 0. The van der Waals surface area contributed by atoms with Crippen LogP contribution in [-0.4, -0.2) is 23.3 Å². The molecule has 68 valence electrons. The number of hydrogen-bond acceptors (Lipinski definition) is 4. The summed E-state index contributed by atoms with van der Waals surface area (Å²) in [6, 6.07) is 0. The first-order valence-corrected chi connectivity index (χ1v) is 4.81. The van der Waals surface area contributed by atoms with Gasteiger partial charge in [-0.3, -0.25) is 0 Å². The Morgan fingerprint density at radius 2 is 2.50 bits per heavy atom. The van der Waals surface area contributed by atoms with Gasteiger partial charge in [-0.2, -0.15) is 0 Å². The maximum atomic E-state index is 4.07. The maximum Gasteiger partial charge on any atom is 0.121 e. The predicted octanol–water partition coefficient (Wildman–Crippen LogP) is 1.43. The molecule has 1 unspecified atom stereocenters. The smallest absolute Gasteiger partial charge is 0.121 e. The summed E-state index contributed by atoms with van der Waals surface area (Å²) in [6.45, 7) is 2.24. The van der Waals surface area contributed by atoms with Crippen LogP contribution in [0, 0.1) is 0 Å². The first-order chi connectivity index (χ1) is 5.47. The Kier molecular flexibility index (Phi) is 3.91. The second-order valence-electron chi connectivity index (χ2n) is 2.82. The molecule has 1 saturated heterocycles. The van der Waals surface area contributed by atoms with Crippen molar-refractivity contribution < 1.29 is 0 Å². The first kappa shape index (κ1) is 9.89. The van der Waals surface area contributed by atoms with E-state index in [0.717, 1.165) is 13.1 Å². The summed E-state index contributed by atoms with van der Waals surface area (Å²) >= 11 is 1.67. The van der Waals surface area contributed by atoms with Crippen LogP contribution in [0.2, 0.25) is 0 Å². The van der Waals surface area contributed by atoms with Crippen LogP contribution in [0.1, 0.15) is 23.8 Å². The minimum atomic E-state index is 0. The molecule has 0 spiro atoms. The Bertz CT molecular complexity index is 208. The Hall–Kier alpha value is -0.190. The Balaban J connectivity index is 0.000000720. The standard InChI is InChI=1S/C7H11N3S.ClH/c1-2-6(4-8-3-1)7-10-9-5-11-7;/h5-6,8H,1-4H2;1H. The largest absolute Gasteiger partial charge is 0.316 e. The van der Waals surface area contributed by atoms with Crippen LogP contribution in [0.5, 0.6) is 0 Å². The molecule has 2 rings (SSSR count). The summed E-state index contributed by atoms with van der Waals surface area (Å²) in [7, 11) is 0. The van der Waals surface area contributed by atoms with E-state index in [0.29, 0.717) is 5.92 Å². The highest BCUT2D eigenvalue weighted by atomic mass is 35.5. The number of nitrogens with one attached hydrogen (secondary N) is 1. The molecule has 0 aromatic carbocycles. The number of halogens is 1. The van der Waals surface area contributed by atoms with Gasteiger partial charge < -0.3 is 5.32 Å². The fourth-order valence-corrected chi connectivity index (χ4v) is 2.11. The van der Waals surface area contributed by atoms with Gasteiger partial charge in [0, 0.05) is 12.5 Å². The van der Waals surface area contributed by atoms with Crippen LogP contribution >= 0.6 is 23.7 Å². The van der Waals surface area contributed by atoms with Crippen molar-refractivity contribution in [1.29, 1.82) is 0 Å². The molecule has 1 fully saturated rings. The molecule has 0 amide bonds. The quantitative estimate of drug-likeness (QED) is 0.754. The number of nitrogens with zero attached hydrogens (tertiary/aromatic N) is 2. The average molecular weight is 206 g/mol. The fraction of sp³-hybridized carbons (Fsp3) is 0.714. The van der Waals surface area contributed by atoms with Crippen LogP contribution in [0.25, 0.3) is 0 Å². The van der Waals surface area contributed by atoms with Gasteiger partial charge in [0.1, 0.15) is 10.5 Å². The van der Waals surface area contributed by atoms with Gasteiger partial charge in [0.25, 0.3) is 0 Å². The third kappa shape index (κ3) is 2.15. The van der Waals surface area contributed by atoms with Crippen molar-refractivity contribution in [3.8, 4) is 0 Å². The van der Waals surface area contributed by atoms with E-state index in [9.17, 15) is 0 Å². The van der Waals surface area contributed by atoms with Crippen LogP contribution in [0.15, 0.2) is 5.51 Å². The van der Waals surface area contributed by atoms with Gasteiger partial charge in [-0.05, 0) is 19.4 Å². The van der Waals surface area contributed by atoms with Crippen molar-refractivity contribution in [3.05, 3.63) is 10.5 Å². The van der Waals surface area contributed by atoms with E-state index in [-0.39, 0.29) is 12.4 Å². The van der Waals surface area contributed by atoms with Gasteiger partial charge in [-0.15, -0.1) is 33.9 Å². The fourth-order valence-electron chi connectivity index (χ4n) is 1.42. The summed E-state index contributed by atoms with van der Waals surface area (Å²) in [6.07, 6.45) is 2.53. The molecule has 0 bridgehead atoms. The normalized spacial score (nSPS) is 23.2. The van der Waals surface area contributed by atoms with Gasteiger partial charge >= 0.3 is 0 Å². The van der Waals surface area contributed by atoms with E-state index in [2.05, 4.69) is 15.5 Å². The van der Waals surface area contributed by atoms with Crippen LogP contribution in [0.3, 0.4) is 0 Å². The van der Waals surface area contributed by atoms with Crippen LogP contribution < -0.4 is 5.32 Å². The van der Waals surface area contributed by atoms with E-state index in [1.54, 1.807) is 11.3 Å². The predicted molar refractivity (Wildman–Crippen MR) is 52.0 cm³/mol. The van der Waals surface area contributed by atoms with E-state index in [1.165, 1.54) is 17.8 Å². The Morgan fingerprint density at radius 1 is 1.58 bits per heavy atom.